The molecule has 0 aliphatic carbocycles. The Morgan fingerprint density at radius 2 is 1.50 bits per heavy atom. The average molecular weight is 357 g/mol. The van der Waals surface area contributed by atoms with Crippen molar-refractivity contribution < 1.29 is 29.4 Å². The van der Waals surface area contributed by atoms with Gasteiger partial charge in [0.25, 0.3) is 0 Å². The molecule has 95 valence electrons. The predicted molar refractivity (Wildman–Crippen MR) is 44.9 cm³/mol. The van der Waals surface area contributed by atoms with E-state index in [1.54, 1.807) is 0 Å². The van der Waals surface area contributed by atoms with E-state index < -0.39 is 30.9 Å². The number of alkyl halides is 6. The van der Waals surface area contributed by atoms with Crippen molar-refractivity contribution >= 4 is 22.9 Å². The van der Waals surface area contributed by atoms with E-state index in [2.05, 4.69) is 3.07 Å². The van der Waals surface area contributed by atoms with Crippen LogP contribution in [0.25, 0.3) is 0 Å². The Bertz CT molecular complexity index is 228. The molecule has 0 spiro atoms. The molecule has 0 heterocycles. The third kappa shape index (κ3) is 4.66. The average Bonchev–Trinajstić information content (AvgIpc) is 1.96. The fourth-order valence-corrected chi connectivity index (χ4v) is 1.93. The first kappa shape index (κ1) is 16.3. The SMILES string of the molecule is CN(C)CC(CC(F)(F)F)([O][Sn])C(F)(F)F. The van der Waals surface area contributed by atoms with Gasteiger partial charge >= 0.3 is 102 Å². The number of rotatable bonds is 4. The fraction of sp³-hybridized carbons (Fsp3) is 1.00. The molecule has 0 aromatic carbocycles. The van der Waals surface area contributed by atoms with Crippen molar-refractivity contribution in [1.29, 1.82) is 0 Å². The number of hydrogen-bond acceptors (Lipinski definition) is 2. The molecular formula is C7H10F6NOSn. The first-order valence-corrected chi connectivity index (χ1v) is 5.23. The van der Waals surface area contributed by atoms with Gasteiger partial charge in [0.2, 0.25) is 0 Å². The van der Waals surface area contributed by atoms with Gasteiger partial charge in [-0.15, -0.1) is 0 Å². The molecule has 1 atom stereocenters. The normalized spacial score (nSPS) is 17.6. The Labute approximate surface area is 103 Å². The van der Waals surface area contributed by atoms with Gasteiger partial charge < -0.3 is 0 Å². The summed E-state index contributed by atoms with van der Waals surface area (Å²) in [5, 5.41) is 0. The summed E-state index contributed by atoms with van der Waals surface area (Å²) in [4.78, 5) is 1.02. The molecule has 0 aromatic rings. The molecule has 0 rings (SSSR count). The topological polar surface area (TPSA) is 12.5 Å². The second kappa shape index (κ2) is 5.30. The third-order valence-corrected chi connectivity index (χ3v) is 2.88. The van der Waals surface area contributed by atoms with Gasteiger partial charge in [0.05, 0.1) is 0 Å². The van der Waals surface area contributed by atoms with E-state index >= 15 is 0 Å². The Morgan fingerprint density at radius 3 is 1.69 bits per heavy atom. The van der Waals surface area contributed by atoms with Crippen LogP contribution in [-0.2, 0) is 3.07 Å². The van der Waals surface area contributed by atoms with Crippen LogP contribution >= 0.6 is 0 Å². The summed E-state index contributed by atoms with van der Waals surface area (Å²) >= 11 is -0.0518. The molecular weight excluding hydrogens is 347 g/mol. The van der Waals surface area contributed by atoms with E-state index in [9.17, 15) is 26.3 Å². The molecule has 9 heteroatoms. The summed E-state index contributed by atoms with van der Waals surface area (Å²) in [6.07, 6.45) is -12.0. The summed E-state index contributed by atoms with van der Waals surface area (Å²) in [5.41, 5.74) is -3.17. The van der Waals surface area contributed by atoms with E-state index in [4.69, 9.17) is 0 Å². The van der Waals surface area contributed by atoms with Gasteiger partial charge in [-0.2, -0.15) is 0 Å². The minimum absolute atomic E-state index is 0.0518. The maximum absolute atomic E-state index is 12.6. The molecule has 0 bridgehead atoms. The quantitative estimate of drug-likeness (QED) is 0.563. The Morgan fingerprint density at radius 1 is 1.06 bits per heavy atom. The number of hydrogen-bond donors (Lipinski definition) is 0. The molecule has 0 fully saturated rings. The summed E-state index contributed by atoms with van der Waals surface area (Å²) < 4.78 is 78.5. The second-order valence-corrected chi connectivity index (χ2v) is 4.21. The van der Waals surface area contributed by atoms with E-state index in [1.807, 2.05) is 0 Å². The molecule has 0 aromatic heterocycles. The zero-order chi connectivity index (χ0) is 13.2. The molecule has 1 unspecified atom stereocenters. The van der Waals surface area contributed by atoms with Crippen LogP contribution in [0.3, 0.4) is 0 Å². The fourth-order valence-electron chi connectivity index (χ4n) is 1.21. The first-order chi connectivity index (χ1) is 6.93. The van der Waals surface area contributed by atoms with Crippen LogP contribution in [0.1, 0.15) is 6.42 Å². The van der Waals surface area contributed by atoms with Crippen LogP contribution in [0.15, 0.2) is 0 Å². The molecule has 0 N–H and O–H groups in total. The molecule has 2 nitrogen and oxygen atoms in total. The molecule has 16 heavy (non-hydrogen) atoms. The van der Waals surface area contributed by atoms with E-state index in [0.717, 1.165) is 4.90 Å². The van der Waals surface area contributed by atoms with Gasteiger partial charge in [0.1, 0.15) is 0 Å². The van der Waals surface area contributed by atoms with E-state index in [0.29, 0.717) is 0 Å². The van der Waals surface area contributed by atoms with Crippen molar-refractivity contribution in [2.75, 3.05) is 20.6 Å². The molecule has 3 radical (unpaired) electrons. The van der Waals surface area contributed by atoms with Crippen LogP contribution in [0, 0.1) is 0 Å². The molecule has 0 saturated carbocycles. The zero-order valence-electron chi connectivity index (χ0n) is 8.54. The van der Waals surface area contributed by atoms with Gasteiger partial charge in [0.15, 0.2) is 0 Å². The summed E-state index contributed by atoms with van der Waals surface area (Å²) in [6.45, 7) is -0.860. The van der Waals surface area contributed by atoms with Crippen molar-refractivity contribution in [3.8, 4) is 0 Å². The summed E-state index contributed by atoms with van der Waals surface area (Å²) in [6, 6.07) is 0. The maximum atomic E-state index is 12.6. The van der Waals surface area contributed by atoms with Gasteiger partial charge in [0, 0.05) is 0 Å². The molecule has 0 saturated heterocycles. The molecule has 0 aliphatic rings. The molecule has 0 amide bonds. The minimum atomic E-state index is -5.06. The number of nitrogens with zero attached hydrogens (tertiary/aromatic N) is 1. The van der Waals surface area contributed by atoms with Crippen molar-refractivity contribution in [3.63, 3.8) is 0 Å². The summed E-state index contributed by atoms with van der Waals surface area (Å²) in [7, 11) is 2.51. The number of likely N-dealkylation sites (N-methyl/N-ethyl adjacent to an activating group) is 1. The van der Waals surface area contributed by atoms with Crippen LogP contribution < -0.4 is 0 Å². The second-order valence-electron chi connectivity index (χ2n) is 3.62. The van der Waals surface area contributed by atoms with Crippen LogP contribution in [0.2, 0.25) is 0 Å². The van der Waals surface area contributed by atoms with Crippen molar-refractivity contribution in [2.45, 2.75) is 24.4 Å². The van der Waals surface area contributed by atoms with Gasteiger partial charge in [-0.25, -0.2) is 0 Å². The van der Waals surface area contributed by atoms with Gasteiger partial charge in [-0.05, 0) is 0 Å². The van der Waals surface area contributed by atoms with Gasteiger partial charge in [-0.1, -0.05) is 0 Å². The monoisotopic (exact) mass is 358 g/mol. The van der Waals surface area contributed by atoms with Crippen molar-refractivity contribution in [3.05, 3.63) is 0 Å². The van der Waals surface area contributed by atoms with Gasteiger partial charge in [-0.3, -0.25) is 0 Å². The third-order valence-electron chi connectivity index (χ3n) is 1.77. The summed E-state index contributed by atoms with van der Waals surface area (Å²) in [5.74, 6) is 0. The molecule has 0 aliphatic heterocycles. The van der Waals surface area contributed by atoms with Crippen molar-refractivity contribution in [2.24, 2.45) is 0 Å². The first-order valence-electron chi connectivity index (χ1n) is 4.06. The Balaban J connectivity index is 5.13. The van der Waals surface area contributed by atoms with Crippen molar-refractivity contribution in [1.82, 2.24) is 4.90 Å². The van der Waals surface area contributed by atoms with E-state index in [1.165, 1.54) is 14.1 Å². The van der Waals surface area contributed by atoms with Crippen LogP contribution in [0.5, 0.6) is 0 Å². The Hall–Kier alpha value is 0.299. The zero-order valence-corrected chi connectivity index (χ0v) is 11.4. The van der Waals surface area contributed by atoms with Crippen LogP contribution in [-0.4, -0.2) is 66.4 Å². The van der Waals surface area contributed by atoms with E-state index in [-0.39, 0.29) is 22.9 Å². The standard InChI is InChI=1S/C7H10F6NO.Sn/c1-14(2)4-5(15,7(11,12)13)3-6(8,9)10;/h3-4H2,1-2H3;/q-1;+1. The Kier molecular flexibility index (Phi) is 5.40. The van der Waals surface area contributed by atoms with Crippen LogP contribution in [0.4, 0.5) is 26.3 Å². The predicted octanol–water partition coefficient (Wildman–Crippen LogP) is 1.90. The number of halogens is 6.